The van der Waals surface area contributed by atoms with Crippen LogP contribution in [0.2, 0.25) is 0 Å². The molecule has 7 heteroatoms. The van der Waals surface area contributed by atoms with E-state index in [-0.39, 0.29) is 5.83 Å². The van der Waals surface area contributed by atoms with Crippen molar-refractivity contribution in [3.8, 4) is 11.3 Å². The van der Waals surface area contributed by atoms with Crippen molar-refractivity contribution in [3.05, 3.63) is 64.9 Å². The van der Waals surface area contributed by atoms with Crippen molar-refractivity contribution in [3.63, 3.8) is 0 Å². The molecule has 0 unspecified atom stereocenters. The molecule has 1 N–H and O–H groups in total. The van der Waals surface area contributed by atoms with Gasteiger partial charge in [0.15, 0.2) is 5.65 Å². The number of halogens is 1. The van der Waals surface area contributed by atoms with E-state index < -0.39 is 0 Å². The zero-order chi connectivity index (χ0) is 23.5. The fraction of sp³-hybridized carbons (Fsp3) is 0.423. The highest BCUT2D eigenvalue weighted by Gasteiger charge is 2.20. The molecule has 0 atom stereocenters. The van der Waals surface area contributed by atoms with Crippen LogP contribution in [-0.2, 0) is 19.9 Å². The summed E-state index contributed by atoms with van der Waals surface area (Å²) in [5, 5.41) is 16.8. The Bertz CT molecular complexity index is 1240. The minimum Gasteiger partial charge on any atom is -0.367 e. The van der Waals surface area contributed by atoms with E-state index in [2.05, 4.69) is 53.2 Å². The van der Waals surface area contributed by atoms with E-state index in [0.29, 0.717) is 13.0 Å². The highest BCUT2D eigenvalue weighted by atomic mass is 19.1. The molecule has 174 valence electrons. The zero-order valence-corrected chi connectivity index (χ0v) is 20.1. The highest BCUT2D eigenvalue weighted by molar-refractivity contribution is 5.79. The monoisotopic (exact) mass is 448 g/mol. The second-order valence-electron chi connectivity index (χ2n) is 8.78. The van der Waals surface area contributed by atoms with Gasteiger partial charge in [-0.3, -0.25) is 9.08 Å². The van der Waals surface area contributed by atoms with Gasteiger partial charge in [0.1, 0.15) is 18.0 Å². The van der Waals surface area contributed by atoms with Crippen LogP contribution in [0.25, 0.3) is 16.9 Å². The number of unbranched alkanes of at least 4 members (excludes halogenated alkanes) is 1. The maximum atomic E-state index is 14.7. The average molecular weight is 449 g/mol. The lowest BCUT2D eigenvalue weighted by Crippen LogP contribution is -2.15. The van der Waals surface area contributed by atoms with Crippen molar-refractivity contribution in [1.29, 1.82) is 0 Å². The number of anilines is 1. The summed E-state index contributed by atoms with van der Waals surface area (Å²) in [6.07, 6.45) is 8.59. The molecule has 1 aliphatic carbocycles. The Kier molecular flexibility index (Phi) is 6.77. The van der Waals surface area contributed by atoms with Crippen LogP contribution in [-0.4, -0.2) is 30.9 Å². The maximum absolute atomic E-state index is 14.7. The van der Waals surface area contributed by atoms with E-state index in [4.69, 9.17) is 0 Å². The fourth-order valence-corrected chi connectivity index (χ4v) is 4.51. The van der Waals surface area contributed by atoms with Gasteiger partial charge in [-0.2, -0.15) is 5.10 Å². The molecule has 0 amide bonds. The van der Waals surface area contributed by atoms with Crippen LogP contribution in [0, 0.1) is 0 Å². The quantitative estimate of drug-likeness (QED) is 0.324. The first kappa shape index (κ1) is 23.0. The smallest absolute Gasteiger partial charge is 0.171 e. The van der Waals surface area contributed by atoms with Crippen LogP contribution >= 0.6 is 0 Å². The third-order valence-electron chi connectivity index (χ3n) is 6.65. The Hall–Kier alpha value is -3.22. The van der Waals surface area contributed by atoms with Gasteiger partial charge in [0, 0.05) is 31.1 Å². The summed E-state index contributed by atoms with van der Waals surface area (Å²) < 4.78 is 18.6. The van der Waals surface area contributed by atoms with Gasteiger partial charge in [-0.05, 0) is 69.2 Å². The molecule has 3 aromatic rings. The average Bonchev–Trinajstić information content (AvgIpc) is 3.44. The summed E-state index contributed by atoms with van der Waals surface area (Å²) in [5.74, 6) is 0.898. The van der Waals surface area contributed by atoms with E-state index in [9.17, 15) is 4.39 Å². The van der Waals surface area contributed by atoms with E-state index >= 15 is 0 Å². The van der Waals surface area contributed by atoms with Gasteiger partial charge >= 0.3 is 0 Å². The van der Waals surface area contributed by atoms with Crippen molar-refractivity contribution in [2.45, 2.75) is 59.3 Å². The number of aromatic nitrogens is 5. The maximum Gasteiger partial charge on any atom is 0.171 e. The minimum absolute atomic E-state index is 0.0163. The van der Waals surface area contributed by atoms with Gasteiger partial charge in [0.2, 0.25) is 0 Å². The Balaban J connectivity index is 1.78. The summed E-state index contributed by atoms with van der Waals surface area (Å²) in [6.45, 7) is 10.5. The number of hydrogen-bond donors (Lipinski definition) is 1. The number of nitrogens with one attached hydrogen (secondary N) is 1. The minimum atomic E-state index is -0.0163. The first-order valence-electron chi connectivity index (χ1n) is 11.7. The molecule has 0 saturated heterocycles. The molecule has 0 spiro atoms. The van der Waals surface area contributed by atoms with Gasteiger partial charge < -0.3 is 5.32 Å². The standard InChI is InChI=1S/C26H33FN6/c1-6-8-9-10-19-13-21(24-14-20(7-2)31-32(24)5)26-30-29-16-33(26)25(19)28-15-22-18(4)17(3)11-12-23(22)27/h6,13-14,16,28H,1,7-12,15H2,2-5H3. The lowest BCUT2D eigenvalue weighted by molar-refractivity contribution is 0.565. The zero-order valence-electron chi connectivity index (χ0n) is 20.1. The molecular formula is C26H33FN6. The third-order valence-corrected chi connectivity index (χ3v) is 6.65. The van der Waals surface area contributed by atoms with E-state index in [1.54, 1.807) is 6.33 Å². The van der Waals surface area contributed by atoms with Crippen molar-refractivity contribution in [2.24, 2.45) is 7.05 Å². The van der Waals surface area contributed by atoms with E-state index in [0.717, 1.165) is 77.2 Å². The predicted molar refractivity (Wildman–Crippen MR) is 132 cm³/mol. The number of fused-ring (bicyclic) bond motifs is 1. The summed E-state index contributed by atoms with van der Waals surface area (Å²) in [4.78, 5) is 0. The van der Waals surface area contributed by atoms with Crippen LogP contribution in [0.1, 0.15) is 57.7 Å². The van der Waals surface area contributed by atoms with Gasteiger partial charge in [0.05, 0.1) is 11.4 Å². The second kappa shape index (κ2) is 9.73. The van der Waals surface area contributed by atoms with Gasteiger partial charge in [-0.25, -0.2) is 4.39 Å². The summed E-state index contributed by atoms with van der Waals surface area (Å²) in [6, 6.07) is 4.30. The third kappa shape index (κ3) is 4.49. The number of aryl methyl sites for hydroxylation is 3. The Morgan fingerprint density at radius 3 is 2.79 bits per heavy atom. The van der Waals surface area contributed by atoms with Crippen LogP contribution < -0.4 is 5.32 Å². The summed E-state index contributed by atoms with van der Waals surface area (Å²) >= 11 is 0. The largest absolute Gasteiger partial charge is 0.367 e. The lowest BCUT2D eigenvalue weighted by Gasteiger charge is -2.22. The van der Waals surface area contributed by atoms with Gasteiger partial charge in [-0.15, -0.1) is 16.8 Å². The number of pyridine rings is 1. The molecule has 33 heavy (non-hydrogen) atoms. The Labute approximate surface area is 194 Å². The number of rotatable bonds is 9. The first-order chi connectivity index (χ1) is 15.9. The van der Waals surface area contributed by atoms with Crippen molar-refractivity contribution < 1.29 is 4.39 Å². The first-order valence-corrected chi connectivity index (χ1v) is 11.7. The number of hydrogen-bond acceptors (Lipinski definition) is 4. The van der Waals surface area contributed by atoms with Crippen molar-refractivity contribution in [2.75, 3.05) is 11.9 Å². The van der Waals surface area contributed by atoms with Gasteiger partial charge in [0.25, 0.3) is 0 Å². The van der Waals surface area contributed by atoms with Crippen LogP contribution in [0.15, 0.2) is 53.7 Å². The molecule has 0 aromatic carbocycles. The van der Waals surface area contributed by atoms with Crippen LogP contribution in [0.3, 0.4) is 0 Å². The normalized spacial score (nSPS) is 14.5. The SMILES string of the molecule is C=CCCCc1cc(-c2cc(CC)nn2C)c2nncn2c1NCC1=C(F)CCC(C)=C1C. The van der Waals surface area contributed by atoms with E-state index in [1.165, 1.54) is 5.57 Å². The second-order valence-corrected chi connectivity index (χ2v) is 8.78. The molecule has 0 bridgehead atoms. The fourth-order valence-electron chi connectivity index (χ4n) is 4.51. The van der Waals surface area contributed by atoms with Crippen molar-refractivity contribution >= 4 is 11.5 Å². The summed E-state index contributed by atoms with van der Waals surface area (Å²) in [7, 11) is 1.96. The molecule has 0 fully saturated rings. The highest BCUT2D eigenvalue weighted by Crippen LogP contribution is 2.33. The van der Waals surface area contributed by atoms with E-state index in [1.807, 2.05) is 29.1 Å². The molecule has 0 saturated carbocycles. The lowest BCUT2D eigenvalue weighted by atomic mass is 9.92. The van der Waals surface area contributed by atoms with Crippen molar-refractivity contribution in [1.82, 2.24) is 24.4 Å². The molecule has 4 rings (SSSR count). The molecule has 1 aliphatic rings. The van der Waals surface area contributed by atoms with Crippen LogP contribution in [0.4, 0.5) is 10.2 Å². The number of nitrogens with zero attached hydrogens (tertiary/aromatic N) is 5. The topological polar surface area (TPSA) is 60.0 Å². The molecule has 0 radical (unpaired) electrons. The molecular weight excluding hydrogens is 415 g/mol. The predicted octanol–water partition coefficient (Wildman–Crippen LogP) is 5.97. The Morgan fingerprint density at radius 2 is 2.06 bits per heavy atom. The van der Waals surface area contributed by atoms with Crippen LogP contribution in [0.5, 0.6) is 0 Å². The molecule has 6 nitrogen and oxygen atoms in total. The number of allylic oxidation sites excluding steroid dienone is 3. The summed E-state index contributed by atoms with van der Waals surface area (Å²) in [5.41, 5.74) is 8.03. The molecule has 3 aromatic heterocycles. The molecule has 3 heterocycles. The Morgan fingerprint density at radius 1 is 1.24 bits per heavy atom. The molecule has 0 aliphatic heterocycles. The van der Waals surface area contributed by atoms with Gasteiger partial charge in [-0.1, -0.05) is 18.6 Å².